The van der Waals surface area contributed by atoms with Crippen molar-refractivity contribution < 1.29 is 0 Å². The van der Waals surface area contributed by atoms with Gasteiger partial charge in [-0.1, -0.05) is 25.1 Å². The van der Waals surface area contributed by atoms with Gasteiger partial charge in [-0.2, -0.15) is 0 Å². The average Bonchev–Trinajstić information content (AvgIpc) is 2.76. The van der Waals surface area contributed by atoms with E-state index >= 15 is 0 Å². The SMILES string of the molecule is CCC(N)CCCc1ccc2c(c1)CCC2. The Labute approximate surface area is 99.0 Å². The van der Waals surface area contributed by atoms with Crippen LogP contribution in [-0.2, 0) is 19.3 Å². The Morgan fingerprint density at radius 1 is 1.25 bits per heavy atom. The number of hydrogen-bond acceptors (Lipinski definition) is 1. The quantitative estimate of drug-likeness (QED) is 0.805. The van der Waals surface area contributed by atoms with Gasteiger partial charge in [0.2, 0.25) is 0 Å². The average molecular weight is 217 g/mol. The lowest BCUT2D eigenvalue weighted by Gasteiger charge is -2.09. The van der Waals surface area contributed by atoms with E-state index in [2.05, 4.69) is 25.1 Å². The van der Waals surface area contributed by atoms with Gasteiger partial charge in [-0.15, -0.1) is 0 Å². The number of nitrogens with two attached hydrogens (primary N) is 1. The highest BCUT2D eigenvalue weighted by Crippen LogP contribution is 2.23. The molecular formula is C15H23N. The number of benzene rings is 1. The Bertz CT molecular complexity index is 343. The molecule has 88 valence electrons. The Hall–Kier alpha value is -0.820. The molecule has 1 aliphatic rings. The zero-order chi connectivity index (χ0) is 11.4. The number of aryl methyl sites for hydroxylation is 3. The van der Waals surface area contributed by atoms with Crippen molar-refractivity contribution in [1.29, 1.82) is 0 Å². The van der Waals surface area contributed by atoms with Gasteiger partial charge in [-0.05, 0) is 61.6 Å². The lowest BCUT2D eigenvalue weighted by Crippen LogP contribution is -2.18. The van der Waals surface area contributed by atoms with Gasteiger partial charge in [0.25, 0.3) is 0 Å². The Morgan fingerprint density at radius 3 is 2.88 bits per heavy atom. The summed E-state index contributed by atoms with van der Waals surface area (Å²) in [7, 11) is 0. The number of fused-ring (bicyclic) bond motifs is 1. The Morgan fingerprint density at radius 2 is 2.06 bits per heavy atom. The van der Waals surface area contributed by atoms with Crippen molar-refractivity contribution in [2.75, 3.05) is 0 Å². The first-order valence-corrected chi connectivity index (χ1v) is 6.66. The molecular weight excluding hydrogens is 194 g/mol. The van der Waals surface area contributed by atoms with E-state index in [-0.39, 0.29) is 0 Å². The molecule has 0 heterocycles. The van der Waals surface area contributed by atoms with Gasteiger partial charge in [-0.3, -0.25) is 0 Å². The zero-order valence-electron chi connectivity index (χ0n) is 10.3. The van der Waals surface area contributed by atoms with Gasteiger partial charge in [0.15, 0.2) is 0 Å². The molecule has 0 radical (unpaired) electrons. The largest absolute Gasteiger partial charge is 0.328 e. The van der Waals surface area contributed by atoms with Crippen LogP contribution in [0.3, 0.4) is 0 Å². The summed E-state index contributed by atoms with van der Waals surface area (Å²) in [4.78, 5) is 0. The highest BCUT2D eigenvalue weighted by atomic mass is 14.6. The van der Waals surface area contributed by atoms with E-state index in [0.717, 1.165) is 12.8 Å². The fourth-order valence-corrected chi connectivity index (χ4v) is 2.55. The van der Waals surface area contributed by atoms with Gasteiger partial charge in [0.05, 0.1) is 0 Å². The first kappa shape index (κ1) is 11.7. The Kier molecular flexibility index (Phi) is 4.00. The molecule has 16 heavy (non-hydrogen) atoms. The van der Waals surface area contributed by atoms with Crippen LogP contribution in [-0.4, -0.2) is 6.04 Å². The fourth-order valence-electron chi connectivity index (χ4n) is 2.55. The summed E-state index contributed by atoms with van der Waals surface area (Å²) in [5.41, 5.74) is 10.6. The maximum Gasteiger partial charge on any atom is 0.00363 e. The van der Waals surface area contributed by atoms with Crippen molar-refractivity contribution in [1.82, 2.24) is 0 Å². The van der Waals surface area contributed by atoms with Crippen LogP contribution in [0.4, 0.5) is 0 Å². The van der Waals surface area contributed by atoms with Crippen LogP contribution in [0.5, 0.6) is 0 Å². The van der Waals surface area contributed by atoms with Crippen LogP contribution in [0.15, 0.2) is 18.2 Å². The Balaban J connectivity index is 1.86. The predicted octanol–water partition coefficient (Wildman–Crippen LogP) is 3.24. The molecule has 0 fully saturated rings. The monoisotopic (exact) mass is 217 g/mol. The highest BCUT2D eigenvalue weighted by Gasteiger charge is 2.10. The molecule has 0 saturated carbocycles. The maximum atomic E-state index is 5.93. The molecule has 0 bridgehead atoms. The second kappa shape index (κ2) is 5.49. The van der Waals surface area contributed by atoms with Crippen molar-refractivity contribution in [3.8, 4) is 0 Å². The second-order valence-electron chi connectivity index (χ2n) is 5.02. The third-order valence-electron chi connectivity index (χ3n) is 3.73. The van der Waals surface area contributed by atoms with Crippen LogP contribution in [0.2, 0.25) is 0 Å². The zero-order valence-corrected chi connectivity index (χ0v) is 10.3. The van der Waals surface area contributed by atoms with Crippen molar-refractivity contribution >= 4 is 0 Å². The molecule has 0 aromatic heterocycles. The molecule has 2 N–H and O–H groups in total. The van der Waals surface area contributed by atoms with Crippen molar-refractivity contribution in [2.24, 2.45) is 5.73 Å². The summed E-state index contributed by atoms with van der Waals surface area (Å²) in [6, 6.07) is 7.45. The normalized spacial score (nSPS) is 16.1. The molecule has 1 nitrogen and oxygen atoms in total. The van der Waals surface area contributed by atoms with E-state index in [1.807, 2.05) is 0 Å². The van der Waals surface area contributed by atoms with E-state index in [1.165, 1.54) is 37.7 Å². The maximum absolute atomic E-state index is 5.93. The first-order chi connectivity index (χ1) is 7.79. The summed E-state index contributed by atoms with van der Waals surface area (Å²) in [5.74, 6) is 0. The number of rotatable bonds is 5. The lowest BCUT2D eigenvalue weighted by atomic mass is 10.0. The summed E-state index contributed by atoms with van der Waals surface area (Å²) in [5, 5.41) is 0. The molecule has 1 aromatic carbocycles. The minimum absolute atomic E-state index is 0.398. The summed E-state index contributed by atoms with van der Waals surface area (Å²) in [6.07, 6.45) is 8.61. The van der Waals surface area contributed by atoms with Crippen LogP contribution in [0.1, 0.15) is 49.3 Å². The molecule has 0 saturated heterocycles. The summed E-state index contributed by atoms with van der Waals surface area (Å²) >= 11 is 0. The van der Waals surface area contributed by atoms with E-state index in [1.54, 1.807) is 11.1 Å². The van der Waals surface area contributed by atoms with E-state index in [4.69, 9.17) is 5.73 Å². The van der Waals surface area contributed by atoms with Gasteiger partial charge < -0.3 is 5.73 Å². The third-order valence-corrected chi connectivity index (χ3v) is 3.73. The highest BCUT2D eigenvalue weighted by molar-refractivity contribution is 5.35. The van der Waals surface area contributed by atoms with Crippen LogP contribution in [0, 0.1) is 0 Å². The minimum atomic E-state index is 0.398. The molecule has 1 aliphatic carbocycles. The topological polar surface area (TPSA) is 26.0 Å². The smallest absolute Gasteiger partial charge is 0.00363 e. The minimum Gasteiger partial charge on any atom is -0.328 e. The van der Waals surface area contributed by atoms with Gasteiger partial charge >= 0.3 is 0 Å². The molecule has 0 spiro atoms. The molecule has 1 aromatic rings. The summed E-state index contributed by atoms with van der Waals surface area (Å²) in [6.45, 7) is 2.17. The molecule has 0 amide bonds. The van der Waals surface area contributed by atoms with Gasteiger partial charge in [0, 0.05) is 6.04 Å². The van der Waals surface area contributed by atoms with Crippen molar-refractivity contribution in [3.63, 3.8) is 0 Å². The molecule has 2 rings (SSSR count). The van der Waals surface area contributed by atoms with Crippen LogP contribution >= 0.6 is 0 Å². The standard InChI is InChI=1S/C15H23N/c1-2-15(16)8-3-5-12-9-10-13-6-4-7-14(13)11-12/h9-11,15H,2-8,16H2,1H3. The molecule has 1 unspecified atom stereocenters. The fraction of sp³-hybridized carbons (Fsp3) is 0.600. The summed E-state index contributed by atoms with van der Waals surface area (Å²) < 4.78 is 0. The third kappa shape index (κ3) is 2.85. The first-order valence-electron chi connectivity index (χ1n) is 6.66. The van der Waals surface area contributed by atoms with E-state index < -0.39 is 0 Å². The molecule has 1 atom stereocenters. The van der Waals surface area contributed by atoms with E-state index in [0.29, 0.717) is 6.04 Å². The van der Waals surface area contributed by atoms with Crippen LogP contribution in [0.25, 0.3) is 0 Å². The van der Waals surface area contributed by atoms with Crippen LogP contribution < -0.4 is 5.73 Å². The van der Waals surface area contributed by atoms with Crippen molar-refractivity contribution in [2.45, 2.75) is 57.9 Å². The van der Waals surface area contributed by atoms with Gasteiger partial charge in [-0.25, -0.2) is 0 Å². The van der Waals surface area contributed by atoms with Gasteiger partial charge in [0.1, 0.15) is 0 Å². The number of hydrogen-bond donors (Lipinski definition) is 1. The van der Waals surface area contributed by atoms with Crippen molar-refractivity contribution in [3.05, 3.63) is 34.9 Å². The molecule has 0 aliphatic heterocycles. The predicted molar refractivity (Wildman–Crippen MR) is 69.7 cm³/mol. The second-order valence-corrected chi connectivity index (χ2v) is 5.02. The lowest BCUT2D eigenvalue weighted by molar-refractivity contribution is 0.568. The molecule has 1 heteroatoms. The van der Waals surface area contributed by atoms with E-state index in [9.17, 15) is 0 Å².